The Morgan fingerprint density at radius 1 is 1.33 bits per heavy atom. The Hall–Kier alpha value is -2.69. The molecule has 0 radical (unpaired) electrons. The number of hydrogen-bond donors (Lipinski definition) is 0. The second-order valence-corrected chi connectivity index (χ2v) is 6.51. The minimum absolute atomic E-state index is 0.271. The average Bonchev–Trinajstić information content (AvgIpc) is 2.66. The van der Waals surface area contributed by atoms with Crippen LogP contribution in [-0.2, 0) is 18.0 Å². The molecule has 1 heterocycles. The maximum absolute atomic E-state index is 12.2. The van der Waals surface area contributed by atoms with Gasteiger partial charge in [0.2, 0.25) is 0 Å². The maximum atomic E-state index is 12.2. The molecule has 0 aliphatic heterocycles. The SMILES string of the molecule is CCOC(=O)c1cc(C#N)c(=S)n(CN(C)Cc2ccc(OC)cc2)c1C. The van der Waals surface area contributed by atoms with E-state index in [1.807, 2.05) is 38.2 Å². The summed E-state index contributed by atoms with van der Waals surface area (Å²) < 4.78 is 12.5. The zero-order valence-corrected chi connectivity index (χ0v) is 16.8. The molecule has 0 amide bonds. The van der Waals surface area contributed by atoms with E-state index in [9.17, 15) is 10.1 Å². The Balaban J connectivity index is 2.30. The predicted molar refractivity (Wildman–Crippen MR) is 105 cm³/mol. The van der Waals surface area contributed by atoms with Crippen LogP contribution in [0.1, 0.15) is 34.1 Å². The van der Waals surface area contributed by atoms with Gasteiger partial charge in [-0.3, -0.25) is 4.90 Å². The van der Waals surface area contributed by atoms with Gasteiger partial charge < -0.3 is 14.0 Å². The number of rotatable bonds is 7. The van der Waals surface area contributed by atoms with Gasteiger partial charge in [0.1, 0.15) is 16.5 Å². The van der Waals surface area contributed by atoms with Gasteiger partial charge in [-0.2, -0.15) is 5.26 Å². The Labute approximate surface area is 164 Å². The summed E-state index contributed by atoms with van der Waals surface area (Å²) in [5.41, 5.74) is 2.44. The fraction of sp³-hybridized carbons (Fsp3) is 0.350. The molecule has 0 aliphatic rings. The highest BCUT2D eigenvalue weighted by Gasteiger charge is 2.17. The minimum atomic E-state index is -0.451. The molecule has 6 nitrogen and oxygen atoms in total. The lowest BCUT2D eigenvalue weighted by atomic mass is 10.1. The van der Waals surface area contributed by atoms with Crippen molar-refractivity contribution >= 4 is 18.2 Å². The van der Waals surface area contributed by atoms with Crippen molar-refractivity contribution in [1.29, 1.82) is 5.26 Å². The van der Waals surface area contributed by atoms with Crippen LogP contribution in [0.3, 0.4) is 0 Å². The van der Waals surface area contributed by atoms with Crippen LogP contribution in [-0.4, -0.2) is 36.2 Å². The van der Waals surface area contributed by atoms with Crippen molar-refractivity contribution in [2.24, 2.45) is 0 Å². The fourth-order valence-corrected chi connectivity index (χ4v) is 3.05. The van der Waals surface area contributed by atoms with E-state index in [1.165, 1.54) is 6.07 Å². The molecule has 1 aromatic carbocycles. The van der Waals surface area contributed by atoms with Gasteiger partial charge in [0.25, 0.3) is 0 Å². The van der Waals surface area contributed by atoms with E-state index in [0.717, 1.165) is 11.3 Å². The standard InChI is InChI=1S/C20H23N3O3S/c1-5-26-20(24)18-10-16(11-21)19(27)23(14(18)2)13-22(3)12-15-6-8-17(25-4)9-7-15/h6-10H,5,12-13H2,1-4H3. The average molecular weight is 385 g/mol. The number of aromatic nitrogens is 1. The molecule has 0 bridgehead atoms. The van der Waals surface area contributed by atoms with Crippen LogP contribution in [0.15, 0.2) is 30.3 Å². The molecule has 0 saturated carbocycles. The number of ether oxygens (including phenoxy) is 2. The largest absolute Gasteiger partial charge is 0.497 e. The predicted octanol–water partition coefficient (Wildman–Crippen LogP) is 3.67. The second-order valence-electron chi connectivity index (χ2n) is 6.13. The number of methoxy groups -OCH3 is 1. The third-order valence-corrected chi connectivity index (χ3v) is 4.61. The molecule has 0 saturated heterocycles. The number of carbonyl (C=O) groups is 1. The van der Waals surface area contributed by atoms with E-state index in [0.29, 0.717) is 29.1 Å². The van der Waals surface area contributed by atoms with Crippen LogP contribution >= 0.6 is 12.2 Å². The van der Waals surface area contributed by atoms with Crippen molar-refractivity contribution < 1.29 is 14.3 Å². The first-order chi connectivity index (χ1) is 12.9. The van der Waals surface area contributed by atoms with E-state index in [1.54, 1.807) is 18.6 Å². The van der Waals surface area contributed by atoms with Gasteiger partial charge in [-0.05, 0) is 44.7 Å². The normalized spacial score (nSPS) is 10.5. The fourth-order valence-electron chi connectivity index (χ4n) is 2.75. The minimum Gasteiger partial charge on any atom is -0.497 e. The van der Waals surface area contributed by atoms with Crippen molar-refractivity contribution in [2.45, 2.75) is 27.1 Å². The molecule has 0 unspecified atom stereocenters. The molecular weight excluding hydrogens is 362 g/mol. The van der Waals surface area contributed by atoms with Crippen LogP contribution in [0.2, 0.25) is 0 Å². The lowest BCUT2D eigenvalue weighted by molar-refractivity contribution is 0.0523. The first-order valence-corrected chi connectivity index (χ1v) is 8.95. The van der Waals surface area contributed by atoms with Gasteiger partial charge in [0, 0.05) is 12.2 Å². The molecule has 0 fully saturated rings. The summed E-state index contributed by atoms with van der Waals surface area (Å²) in [6, 6.07) is 11.4. The van der Waals surface area contributed by atoms with Crippen molar-refractivity contribution in [3.05, 3.63) is 57.4 Å². The number of nitrogens with zero attached hydrogens (tertiary/aromatic N) is 3. The molecule has 7 heteroatoms. The van der Waals surface area contributed by atoms with Crippen LogP contribution in [0.5, 0.6) is 5.75 Å². The molecule has 2 rings (SSSR count). The Morgan fingerprint density at radius 3 is 2.56 bits per heavy atom. The molecule has 2 aromatic rings. The first-order valence-electron chi connectivity index (χ1n) is 8.54. The lowest BCUT2D eigenvalue weighted by Gasteiger charge is -2.22. The van der Waals surface area contributed by atoms with Crippen molar-refractivity contribution in [2.75, 3.05) is 20.8 Å². The molecule has 0 atom stereocenters. The molecular formula is C20H23N3O3S. The number of benzene rings is 1. The van der Waals surface area contributed by atoms with E-state index in [2.05, 4.69) is 11.0 Å². The van der Waals surface area contributed by atoms with E-state index in [4.69, 9.17) is 21.7 Å². The third kappa shape index (κ3) is 4.94. The topological polar surface area (TPSA) is 67.5 Å². The summed E-state index contributed by atoms with van der Waals surface area (Å²) in [4.78, 5) is 14.3. The summed E-state index contributed by atoms with van der Waals surface area (Å²) in [6.45, 7) is 4.95. The van der Waals surface area contributed by atoms with Crippen molar-refractivity contribution in [1.82, 2.24) is 9.47 Å². The summed E-state index contributed by atoms with van der Waals surface area (Å²) in [7, 11) is 3.59. The lowest BCUT2D eigenvalue weighted by Crippen LogP contribution is -2.25. The first kappa shape index (κ1) is 20.6. The summed E-state index contributed by atoms with van der Waals surface area (Å²) >= 11 is 5.45. The highest BCUT2D eigenvalue weighted by atomic mass is 32.1. The maximum Gasteiger partial charge on any atom is 0.339 e. The molecule has 27 heavy (non-hydrogen) atoms. The van der Waals surface area contributed by atoms with Gasteiger partial charge in [-0.15, -0.1) is 0 Å². The Morgan fingerprint density at radius 2 is 2.00 bits per heavy atom. The van der Waals surface area contributed by atoms with Gasteiger partial charge >= 0.3 is 5.97 Å². The van der Waals surface area contributed by atoms with Gasteiger partial charge in [-0.1, -0.05) is 24.4 Å². The van der Waals surface area contributed by atoms with E-state index >= 15 is 0 Å². The van der Waals surface area contributed by atoms with E-state index in [-0.39, 0.29) is 12.2 Å². The molecule has 0 N–H and O–H groups in total. The molecule has 1 aromatic heterocycles. The number of esters is 1. The second kappa shape index (κ2) is 9.31. The summed E-state index contributed by atoms with van der Waals surface area (Å²) in [6.07, 6.45) is 0. The quantitative estimate of drug-likeness (QED) is 0.535. The number of hydrogen-bond acceptors (Lipinski definition) is 6. The third-order valence-electron chi connectivity index (χ3n) is 4.17. The van der Waals surface area contributed by atoms with Gasteiger partial charge in [0.15, 0.2) is 0 Å². The van der Waals surface area contributed by atoms with Gasteiger partial charge in [-0.25, -0.2) is 4.79 Å². The van der Waals surface area contributed by atoms with Crippen LogP contribution in [0.4, 0.5) is 0 Å². The number of nitriles is 1. The van der Waals surface area contributed by atoms with Crippen molar-refractivity contribution in [3.63, 3.8) is 0 Å². The Kier molecular flexibility index (Phi) is 7.11. The van der Waals surface area contributed by atoms with Crippen LogP contribution < -0.4 is 4.74 Å². The molecule has 142 valence electrons. The number of carbonyl (C=O) groups excluding carboxylic acids is 1. The Bertz CT molecular complexity index is 914. The summed E-state index contributed by atoms with van der Waals surface area (Å²) in [5, 5.41) is 9.38. The number of pyridine rings is 1. The molecule has 0 aliphatic carbocycles. The van der Waals surface area contributed by atoms with E-state index < -0.39 is 5.97 Å². The highest BCUT2D eigenvalue weighted by molar-refractivity contribution is 7.71. The zero-order chi connectivity index (χ0) is 20.0. The van der Waals surface area contributed by atoms with Crippen LogP contribution in [0, 0.1) is 22.9 Å². The highest BCUT2D eigenvalue weighted by Crippen LogP contribution is 2.17. The van der Waals surface area contributed by atoms with Crippen molar-refractivity contribution in [3.8, 4) is 11.8 Å². The molecule has 0 spiro atoms. The zero-order valence-electron chi connectivity index (χ0n) is 16.0. The smallest absolute Gasteiger partial charge is 0.339 e. The summed E-state index contributed by atoms with van der Waals surface area (Å²) in [5.74, 6) is 0.355. The van der Waals surface area contributed by atoms with Crippen LogP contribution in [0.25, 0.3) is 0 Å². The monoisotopic (exact) mass is 385 g/mol. The van der Waals surface area contributed by atoms with Gasteiger partial charge in [0.05, 0.1) is 31.5 Å².